The molecular weight excluding hydrogens is 244 g/mol. The summed E-state index contributed by atoms with van der Waals surface area (Å²) in [6.45, 7) is 0.838. The third-order valence-corrected chi connectivity index (χ3v) is 3.40. The van der Waals surface area contributed by atoms with Crippen molar-refractivity contribution in [3.8, 4) is 0 Å². The first-order valence-electron chi connectivity index (χ1n) is 5.76. The molecule has 0 saturated carbocycles. The van der Waals surface area contributed by atoms with E-state index in [1.54, 1.807) is 5.51 Å². The standard InChI is InChI=1S/C13H12N4S/c1-3-10-5-2-7-14-12(10)11(4-1)6-8-15-13-17-16-9-18-13/h1-5,7,9H,6,8H2,(H,15,17). The van der Waals surface area contributed by atoms with Gasteiger partial charge in [0.1, 0.15) is 5.51 Å². The van der Waals surface area contributed by atoms with Crippen LogP contribution in [0, 0.1) is 0 Å². The Labute approximate surface area is 109 Å². The second-order valence-electron chi connectivity index (χ2n) is 3.91. The van der Waals surface area contributed by atoms with Crippen molar-refractivity contribution in [3.63, 3.8) is 0 Å². The number of benzene rings is 1. The smallest absolute Gasteiger partial charge is 0.205 e. The molecule has 0 radical (unpaired) electrons. The third-order valence-electron chi connectivity index (χ3n) is 2.75. The average Bonchev–Trinajstić information content (AvgIpc) is 2.92. The predicted molar refractivity (Wildman–Crippen MR) is 73.8 cm³/mol. The average molecular weight is 256 g/mol. The number of hydrogen-bond donors (Lipinski definition) is 1. The maximum Gasteiger partial charge on any atom is 0.205 e. The zero-order chi connectivity index (χ0) is 12.2. The maximum atomic E-state index is 4.44. The summed E-state index contributed by atoms with van der Waals surface area (Å²) >= 11 is 1.51. The highest BCUT2D eigenvalue weighted by molar-refractivity contribution is 7.13. The van der Waals surface area contributed by atoms with E-state index in [4.69, 9.17) is 0 Å². The number of nitrogens with zero attached hydrogens (tertiary/aromatic N) is 3. The van der Waals surface area contributed by atoms with Crippen molar-refractivity contribution in [3.05, 3.63) is 47.6 Å². The van der Waals surface area contributed by atoms with E-state index in [2.05, 4.69) is 44.8 Å². The molecule has 5 heteroatoms. The Kier molecular flexibility index (Phi) is 3.14. The molecule has 0 unspecified atom stereocenters. The molecule has 0 bridgehead atoms. The highest BCUT2D eigenvalue weighted by Gasteiger charge is 2.02. The largest absolute Gasteiger partial charge is 0.360 e. The minimum absolute atomic E-state index is 0.838. The summed E-state index contributed by atoms with van der Waals surface area (Å²) in [5, 5.41) is 13.0. The van der Waals surface area contributed by atoms with E-state index in [1.165, 1.54) is 22.3 Å². The van der Waals surface area contributed by atoms with Gasteiger partial charge in [-0.3, -0.25) is 4.98 Å². The fraction of sp³-hybridized carbons (Fsp3) is 0.154. The summed E-state index contributed by atoms with van der Waals surface area (Å²) in [5.74, 6) is 0. The third kappa shape index (κ3) is 2.31. The second-order valence-corrected chi connectivity index (χ2v) is 4.75. The first kappa shape index (κ1) is 11.1. The van der Waals surface area contributed by atoms with Crippen LogP contribution in [0.25, 0.3) is 10.9 Å². The lowest BCUT2D eigenvalue weighted by molar-refractivity contribution is 0.998. The minimum Gasteiger partial charge on any atom is -0.360 e. The highest BCUT2D eigenvalue weighted by atomic mass is 32.1. The van der Waals surface area contributed by atoms with Crippen LogP contribution < -0.4 is 5.32 Å². The Morgan fingerprint density at radius 3 is 3.00 bits per heavy atom. The molecule has 0 fully saturated rings. The van der Waals surface area contributed by atoms with Crippen LogP contribution >= 0.6 is 11.3 Å². The summed E-state index contributed by atoms with van der Waals surface area (Å²) < 4.78 is 0. The van der Waals surface area contributed by atoms with E-state index < -0.39 is 0 Å². The summed E-state index contributed by atoms with van der Waals surface area (Å²) in [6, 6.07) is 10.3. The topological polar surface area (TPSA) is 50.7 Å². The SMILES string of the molecule is c1cnc2c(CCNc3nncs3)cccc2c1. The summed E-state index contributed by atoms with van der Waals surface area (Å²) in [6.07, 6.45) is 2.76. The molecule has 90 valence electrons. The van der Waals surface area contributed by atoms with Crippen LogP contribution in [0.5, 0.6) is 0 Å². The molecular formula is C13H12N4S. The molecule has 2 heterocycles. The minimum atomic E-state index is 0.838. The van der Waals surface area contributed by atoms with Gasteiger partial charge in [-0.1, -0.05) is 35.6 Å². The van der Waals surface area contributed by atoms with E-state index in [0.29, 0.717) is 0 Å². The summed E-state index contributed by atoms with van der Waals surface area (Å²) in [5.41, 5.74) is 4.06. The van der Waals surface area contributed by atoms with Crippen molar-refractivity contribution in [2.45, 2.75) is 6.42 Å². The van der Waals surface area contributed by atoms with Gasteiger partial charge >= 0.3 is 0 Å². The van der Waals surface area contributed by atoms with Crippen molar-refractivity contribution in [2.24, 2.45) is 0 Å². The molecule has 0 atom stereocenters. The summed E-state index contributed by atoms with van der Waals surface area (Å²) in [7, 11) is 0. The van der Waals surface area contributed by atoms with E-state index >= 15 is 0 Å². The van der Waals surface area contributed by atoms with Crippen LogP contribution in [0.15, 0.2) is 42.0 Å². The van der Waals surface area contributed by atoms with Crippen molar-refractivity contribution in [1.29, 1.82) is 0 Å². The Hall–Kier alpha value is -2.01. The molecule has 0 amide bonds. The van der Waals surface area contributed by atoms with Crippen LogP contribution in [0.3, 0.4) is 0 Å². The van der Waals surface area contributed by atoms with Gasteiger partial charge in [-0.25, -0.2) is 0 Å². The number of hydrogen-bond acceptors (Lipinski definition) is 5. The Morgan fingerprint density at radius 2 is 2.11 bits per heavy atom. The van der Waals surface area contributed by atoms with Crippen LogP contribution in [-0.2, 0) is 6.42 Å². The van der Waals surface area contributed by atoms with Gasteiger partial charge in [0, 0.05) is 18.1 Å². The molecule has 0 saturated heterocycles. The van der Waals surface area contributed by atoms with Crippen molar-refractivity contribution >= 4 is 27.4 Å². The first-order chi connectivity index (χ1) is 8.93. The number of nitrogens with one attached hydrogen (secondary N) is 1. The molecule has 2 aromatic heterocycles. The molecule has 1 aromatic carbocycles. The predicted octanol–water partition coefficient (Wildman–Crippen LogP) is 2.74. The lowest BCUT2D eigenvalue weighted by Crippen LogP contribution is -2.05. The van der Waals surface area contributed by atoms with Gasteiger partial charge in [0.2, 0.25) is 5.13 Å². The molecule has 4 nitrogen and oxygen atoms in total. The molecule has 3 aromatic rings. The number of pyridine rings is 1. The monoisotopic (exact) mass is 256 g/mol. The number of anilines is 1. The molecule has 18 heavy (non-hydrogen) atoms. The van der Waals surface area contributed by atoms with E-state index in [9.17, 15) is 0 Å². The Bertz CT molecular complexity index is 631. The van der Waals surface area contributed by atoms with Crippen LogP contribution in [0.1, 0.15) is 5.56 Å². The molecule has 0 aliphatic carbocycles. The molecule has 0 aliphatic rings. The van der Waals surface area contributed by atoms with E-state index in [0.717, 1.165) is 23.6 Å². The zero-order valence-electron chi connectivity index (χ0n) is 9.71. The zero-order valence-corrected chi connectivity index (χ0v) is 10.5. The molecule has 0 aliphatic heterocycles. The lowest BCUT2D eigenvalue weighted by Gasteiger charge is -2.05. The van der Waals surface area contributed by atoms with Gasteiger partial charge in [-0.2, -0.15) is 0 Å². The van der Waals surface area contributed by atoms with E-state index in [-0.39, 0.29) is 0 Å². The van der Waals surface area contributed by atoms with Gasteiger partial charge in [0.25, 0.3) is 0 Å². The Balaban J connectivity index is 1.74. The Morgan fingerprint density at radius 1 is 1.17 bits per heavy atom. The van der Waals surface area contributed by atoms with Crippen molar-refractivity contribution in [1.82, 2.24) is 15.2 Å². The summed E-state index contributed by atoms with van der Waals surface area (Å²) in [4.78, 5) is 4.44. The highest BCUT2D eigenvalue weighted by Crippen LogP contribution is 2.16. The van der Waals surface area contributed by atoms with Gasteiger partial charge in [-0.15, -0.1) is 10.2 Å². The van der Waals surface area contributed by atoms with Crippen LogP contribution in [0.4, 0.5) is 5.13 Å². The number of aromatic nitrogens is 3. The molecule has 0 spiro atoms. The van der Waals surface area contributed by atoms with Crippen LogP contribution in [0.2, 0.25) is 0 Å². The van der Waals surface area contributed by atoms with Gasteiger partial charge in [-0.05, 0) is 18.1 Å². The van der Waals surface area contributed by atoms with Crippen LogP contribution in [-0.4, -0.2) is 21.7 Å². The quantitative estimate of drug-likeness (QED) is 0.779. The first-order valence-corrected chi connectivity index (χ1v) is 6.64. The van der Waals surface area contributed by atoms with Gasteiger partial charge in [0.05, 0.1) is 5.52 Å². The van der Waals surface area contributed by atoms with Gasteiger partial charge < -0.3 is 5.32 Å². The molecule has 3 rings (SSSR count). The molecule has 1 N–H and O–H groups in total. The number of fused-ring (bicyclic) bond motifs is 1. The maximum absolute atomic E-state index is 4.44. The van der Waals surface area contributed by atoms with E-state index in [1.807, 2.05) is 12.3 Å². The number of rotatable bonds is 4. The fourth-order valence-corrected chi connectivity index (χ4v) is 2.40. The van der Waals surface area contributed by atoms with Crippen molar-refractivity contribution in [2.75, 3.05) is 11.9 Å². The number of para-hydroxylation sites is 1. The van der Waals surface area contributed by atoms with Gasteiger partial charge in [0.15, 0.2) is 0 Å². The fourth-order valence-electron chi connectivity index (χ4n) is 1.92. The van der Waals surface area contributed by atoms with Crippen molar-refractivity contribution < 1.29 is 0 Å². The second kappa shape index (κ2) is 5.10. The normalized spacial score (nSPS) is 10.7. The lowest BCUT2D eigenvalue weighted by atomic mass is 10.1.